The number of hydrogen-bond donors (Lipinski definition) is 2. The molecule has 0 spiro atoms. The molecule has 106 valence electrons. The molecule has 2 aromatic carbocycles. The molecule has 3 rings (SSSR count). The van der Waals surface area contributed by atoms with Crippen LogP contribution in [0.1, 0.15) is 15.2 Å². The number of hydrogen-bond acceptors (Lipinski definition) is 3. The van der Waals surface area contributed by atoms with Crippen LogP contribution >= 0.6 is 33.9 Å². The number of halogens is 1. The van der Waals surface area contributed by atoms with Gasteiger partial charge in [-0.1, -0.05) is 30.3 Å². The van der Waals surface area contributed by atoms with Gasteiger partial charge in [0.25, 0.3) is 0 Å². The second kappa shape index (κ2) is 6.03. The number of para-hydroxylation sites is 1. The van der Waals surface area contributed by atoms with Gasteiger partial charge in [0.05, 0.1) is 0 Å². The summed E-state index contributed by atoms with van der Waals surface area (Å²) in [5.41, 5.74) is 1.87. The van der Waals surface area contributed by atoms with E-state index in [0.29, 0.717) is 11.4 Å². The second-order valence-corrected chi connectivity index (χ2v) is 6.76. The van der Waals surface area contributed by atoms with Crippen molar-refractivity contribution in [1.82, 2.24) is 0 Å². The van der Waals surface area contributed by atoms with Crippen LogP contribution in [-0.4, -0.2) is 11.1 Å². The van der Waals surface area contributed by atoms with Crippen LogP contribution in [-0.2, 0) is 6.54 Å². The third-order valence-corrected chi connectivity index (χ3v) is 5.36. The van der Waals surface area contributed by atoms with Gasteiger partial charge in [-0.3, -0.25) is 0 Å². The lowest BCUT2D eigenvalue weighted by molar-refractivity contribution is 0.0701. The highest BCUT2D eigenvalue weighted by molar-refractivity contribution is 14.1. The third-order valence-electron chi connectivity index (χ3n) is 3.22. The maximum atomic E-state index is 11.5. The van der Waals surface area contributed by atoms with Gasteiger partial charge in [-0.25, -0.2) is 4.79 Å². The highest BCUT2D eigenvalue weighted by atomic mass is 127. The second-order valence-electron chi connectivity index (χ2n) is 4.54. The molecule has 0 radical (unpaired) electrons. The van der Waals surface area contributed by atoms with Crippen LogP contribution in [0.15, 0.2) is 48.5 Å². The Morgan fingerprint density at radius 1 is 1.14 bits per heavy atom. The molecule has 0 aliphatic heterocycles. The van der Waals surface area contributed by atoms with E-state index in [0.717, 1.165) is 24.9 Å². The van der Waals surface area contributed by atoms with Crippen molar-refractivity contribution in [2.24, 2.45) is 0 Å². The molecule has 21 heavy (non-hydrogen) atoms. The topological polar surface area (TPSA) is 49.3 Å². The summed E-state index contributed by atoms with van der Waals surface area (Å²) in [5, 5.41) is 13.8. The van der Waals surface area contributed by atoms with Gasteiger partial charge in [0.1, 0.15) is 4.88 Å². The molecule has 0 unspecified atom stereocenters. The number of benzene rings is 2. The fourth-order valence-electron chi connectivity index (χ4n) is 2.24. The van der Waals surface area contributed by atoms with Crippen molar-refractivity contribution in [3.63, 3.8) is 0 Å². The molecule has 1 heterocycles. The zero-order valence-electron chi connectivity index (χ0n) is 11.0. The fraction of sp³-hybridized carbons (Fsp3) is 0.0625. The summed E-state index contributed by atoms with van der Waals surface area (Å²) in [4.78, 5) is 11.9. The SMILES string of the molecule is O=C(O)c1sc2ccccc2c1CNc1ccccc1I. The standard InChI is InChI=1S/C16H12INO2S/c17-12-6-2-3-7-13(12)18-9-11-10-5-1-4-8-14(10)21-15(11)16(19)20/h1-8,18H,9H2,(H,19,20). The lowest BCUT2D eigenvalue weighted by Crippen LogP contribution is -2.05. The molecular formula is C16H12INO2S. The maximum Gasteiger partial charge on any atom is 0.346 e. The zero-order valence-corrected chi connectivity index (χ0v) is 13.9. The molecule has 3 aromatic rings. The predicted octanol–water partition coefficient (Wildman–Crippen LogP) is 4.82. The van der Waals surface area contributed by atoms with Crippen molar-refractivity contribution in [1.29, 1.82) is 0 Å². The molecule has 0 saturated carbocycles. The Bertz CT molecular complexity index is 813. The van der Waals surface area contributed by atoms with Gasteiger partial charge < -0.3 is 10.4 Å². The molecule has 5 heteroatoms. The van der Waals surface area contributed by atoms with Crippen LogP contribution in [0.3, 0.4) is 0 Å². The first-order chi connectivity index (χ1) is 10.2. The monoisotopic (exact) mass is 409 g/mol. The summed E-state index contributed by atoms with van der Waals surface area (Å²) < 4.78 is 2.13. The lowest BCUT2D eigenvalue weighted by atomic mass is 10.1. The van der Waals surface area contributed by atoms with Gasteiger partial charge in [0.2, 0.25) is 0 Å². The Kier molecular flexibility index (Phi) is 4.12. The number of thiophene rings is 1. The van der Waals surface area contributed by atoms with Crippen LogP contribution < -0.4 is 5.32 Å². The smallest absolute Gasteiger partial charge is 0.346 e. The van der Waals surface area contributed by atoms with Crippen molar-refractivity contribution in [2.45, 2.75) is 6.54 Å². The average molecular weight is 409 g/mol. The van der Waals surface area contributed by atoms with Gasteiger partial charge >= 0.3 is 5.97 Å². The maximum absolute atomic E-state index is 11.5. The number of fused-ring (bicyclic) bond motifs is 1. The molecular weight excluding hydrogens is 397 g/mol. The van der Waals surface area contributed by atoms with E-state index < -0.39 is 5.97 Å². The van der Waals surface area contributed by atoms with Crippen molar-refractivity contribution in [3.8, 4) is 0 Å². The molecule has 1 aromatic heterocycles. The quantitative estimate of drug-likeness (QED) is 0.608. The Morgan fingerprint density at radius 3 is 2.62 bits per heavy atom. The van der Waals surface area contributed by atoms with Crippen molar-refractivity contribution in [3.05, 3.63) is 62.5 Å². The van der Waals surface area contributed by atoms with Gasteiger partial charge in [-0.05, 0) is 46.2 Å². The van der Waals surface area contributed by atoms with E-state index in [9.17, 15) is 9.90 Å². The van der Waals surface area contributed by atoms with E-state index in [4.69, 9.17) is 0 Å². The normalized spacial score (nSPS) is 10.7. The number of carbonyl (C=O) groups is 1. The van der Waals surface area contributed by atoms with Crippen molar-refractivity contribution >= 4 is 55.7 Å². The van der Waals surface area contributed by atoms with Gasteiger partial charge in [-0.15, -0.1) is 11.3 Å². The minimum atomic E-state index is -0.865. The number of rotatable bonds is 4. The van der Waals surface area contributed by atoms with E-state index in [2.05, 4.69) is 27.9 Å². The van der Waals surface area contributed by atoms with E-state index in [1.54, 1.807) is 0 Å². The summed E-state index contributed by atoms with van der Waals surface area (Å²) >= 11 is 3.60. The van der Waals surface area contributed by atoms with E-state index in [1.807, 2.05) is 48.5 Å². The fourth-order valence-corrected chi connectivity index (χ4v) is 3.87. The largest absolute Gasteiger partial charge is 0.477 e. The van der Waals surface area contributed by atoms with Crippen molar-refractivity contribution in [2.75, 3.05) is 5.32 Å². The highest BCUT2D eigenvalue weighted by Gasteiger charge is 2.17. The molecule has 0 aliphatic rings. The lowest BCUT2D eigenvalue weighted by Gasteiger charge is -2.08. The zero-order chi connectivity index (χ0) is 14.8. The van der Waals surface area contributed by atoms with Crippen LogP contribution in [0.25, 0.3) is 10.1 Å². The summed E-state index contributed by atoms with van der Waals surface area (Å²) in [5.74, 6) is -0.865. The number of aromatic carboxylic acids is 1. The molecule has 0 bridgehead atoms. The van der Waals surface area contributed by atoms with Gasteiger partial charge in [0.15, 0.2) is 0 Å². The first-order valence-corrected chi connectivity index (χ1v) is 8.28. The molecule has 0 fully saturated rings. The summed E-state index contributed by atoms with van der Waals surface area (Å²) in [7, 11) is 0. The summed E-state index contributed by atoms with van der Waals surface area (Å²) in [6, 6.07) is 15.8. The molecule has 2 N–H and O–H groups in total. The summed E-state index contributed by atoms with van der Waals surface area (Å²) in [6.07, 6.45) is 0. The summed E-state index contributed by atoms with van der Waals surface area (Å²) in [6.45, 7) is 0.506. The molecule has 0 saturated heterocycles. The highest BCUT2D eigenvalue weighted by Crippen LogP contribution is 2.32. The Hall–Kier alpha value is -1.60. The number of carboxylic acid groups (broad SMARTS) is 1. The number of nitrogens with one attached hydrogen (secondary N) is 1. The molecule has 3 nitrogen and oxygen atoms in total. The van der Waals surface area contributed by atoms with E-state index >= 15 is 0 Å². The Labute approximate surface area is 139 Å². The Balaban J connectivity index is 1.98. The minimum Gasteiger partial charge on any atom is -0.477 e. The van der Waals surface area contributed by atoms with Crippen LogP contribution in [0.4, 0.5) is 5.69 Å². The molecule has 0 atom stereocenters. The average Bonchev–Trinajstić information content (AvgIpc) is 2.85. The van der Waals surface area contributed by atoms with Crippen LogP contribution in [0.2, 0.25) is 0 Å². The van der Waals surface area contributed by atoms with Crippen LogP contribution in [0, 0.1) is 3.57 Å². The first kappa shape index (κ1) is 14.3. The molecule has 0 aliphatic carbocycles. The van der Waals surface area contributed by atoms with E-state index in [-0.39, 0.29) is 0 Å². The molecule has 0 amide bonds. The van der Waals surface area contributed by atoms with Crippen LogP contribution in [0.5, 0.6) is 0 Å². The third kappa shape index (κ3) is 2.89. The Morgan fingerprint density at radius 2 is 1.86 bits per heavy atom. The van der Waals surface area contributed by atoms with Gasteiger partial charge in [-0.2, -0.15) is 0 Å². The van der Waals surface area contributed by atoms with Crippen molar-refractivity contribution < 1.29 is 9.90 Å². The number of anilines is 1. The van der Waals surface area contributed by atoms with E-state index in [1.165, 1.54) is 11.3 Å². The van der Waals surface area contributed by atoms with Gasteiger partial charge in [0, 0.05) is 26.1 Å². The number of carboxylic acids is 1. The predicted molar refractivity (Wildman–Crippen MR) is 95.3 cm³/mol. The first-order valence-electron chi connectivity index (χ1n) is 6.39. The minimum absolute atomic E-state index is 0.412.